The molecule has 1 saturated heterocycles. The quantitative estimate of drug-likeness (QED) is 0.837. The Balaban J connectivity index is 2.12. The van der Waals surface area contributed by atoms with Crippen LogP contribution < -0.4 is 5.32 Å². The van der Waals surface area contributed by atoms with Crippen molar-refractivity contribution in [2.24, 2.45) is 0 Å². The Morgan fingerprint density at radius 2 is 1.80 bits per heavy atom. The molecule has 0 saturated carbocycles. The van der Waals surface area contributed by atoms with Gasteiger partial charge >= 0.3 is 0 Å². The third kappa shape index (κ3) is 3.28. The molecular formula is C17H26N2O. The molecule has 1 aromatic carbocycles. The van der Waals surface area contributed by atoms with Gasteiger partial charge in [0.2, 0.25) is 0 Å². The zero-order chi connectivity index (χ0) is 14.6. The second-order valence-corrected chi connectivity index (χ2v) is 6.07. The first-order valence-corrected chi connectivity index (χ1v) is 7.65. The minimum absolute atomic E-state index is 0.224. The van der Waals surface area contributed by atoms with E-state index in [4.69, 9.17) is 0 Å². The maximum absolute atomic E-state index is 12.8. The van der Waals surface area contributed by atoms with Crippen LogP contribution in [-0.4, -0.2) is 42.4 Å². The predicted molar refractivity (Wildman–Crippen MR) is 83.3 cm³/mol. The van der Waals surface area contributed by atoms with Crippen molar-refractivity contribution in [2.75, 3.05) is 26.2 Å². The SMILES string of the molecule is CCCc1ccc(C(=O)C(C)(C)N2CCNCC2)cc1. The average molecular weight is 274 g/mol. The van der Waals surface area contributed by atoms with E-state index in [0.717, 1.165) is 44.6 Å². The molecular weight excluding hydrogens is 248 g/mol. The molecule has 2 rings (SSSR count). The van der Waals surface area contributed by atoms with Gasteiger partial charge in [0.25, 0.3) is 0 Å². The van der Waals surface area contributed by atoms with Crippen LogP contribution in [0, 0.1) is 0 Å². The lowest BCUT2D eigenvalue weighted by Gasteiger charge is -2.40. The average Bonchev–Trinajstić information content (AvgIpc) is 2.48. The highest BCUT2D eigenvalue weighted by Crippen LogP contribution is 2.21. The van der Waals surface area contributed by atoms with Gasteiger partial charge < -0.3 is 5.32 Å². The third-order valence-corrected chi connectivity index (χ3v) is 4.22. The van der Waals surface area contributed by atoms with Crippen molar-refractivity contribution in [3.63, 3.8) is 0 Å². The van der Waals surface area contributed by atoms with E-state index in [2.05, 4.69) is 29.3 Å². The first-order chi connectivity index (χ1) is 9.55. The van der Waals surface area contributed by atoms with Crippen molar-refractivity contribution in [1.29, 1.82) is 0 Å². The van der Waals surface area contributed by atoms with E-state index in [-0.39, 0.29) is 5.78 Å². The predicted octanol–water partition coefficient (Wildman–Crippen LogP) is 2.51. The Hall–Kier alpha value is -1.19. The molecule has 20 heavy (non-hydrogen) atoms. The number of carbonyl (C=O) groups is 1. The number of piperazine rings is 1. The number of nitrogens with one attached hydrogen (secondary N) is 1. The maximum Gasteiger partial charge on any atom is 0.182 e. The summed E-state index contributed by atoms with van der Waals surface area (Å²) in [6, 6.07) is 8.14. The zero-order valence-electron chi connectivity index (χ0n) is 12.9. The lowest BCUT2D eigenvalue weighted by atomic mass is 9.90. The summed E-state index contributed by atoms with van der Waals surface area (Å²) in [7, 11) is 0. The van der Waals surface area contributed by atoms with E-state index >= 15 is 0 Å². The van der Waals surface area contributed by atoms with Gasteiger partial charge in [-0.3, -0.25) is 9.69 Å². The largest absolute Gasteiger partial charge is 0.314 e. The third-order valence-electron chi connectivity index (χ3n) is 4.22. The summed E-state index contributed by atoms with van der Waals surface area (Å²) in [5.74, 6) is 0.224. The van der Waals surface area contributed by atoms with Gasteiger partial charge in [0.1, 0.15) is 0 Å². The number of rotatable bonds is 5. The van der Waals surface area contributed by atoms with E-state index in [1.54, 1.807) is 0 Å². The highest BCUT2D eigenvalue weighted by atomic mass is 16.1. The minimum Gasteiger partial charge on any atom is -0.314 e. The van der Waals surface area contributed by atoms with Crippen LogP contribution in [0.15, 0.2) is 24.3 Å². The summed E-state index contributed by atoms with van der Waals surface area (Å²) in [6.45, 7) is 10.1. The van der Waals surface area contributed by atoms with Crippen LogP contribution in [0.1, 0.15) is 43.1 Å². The van der Waals surface area contributed by atoms with E-state index in [1.807, 2.05) is 26.0 Å². The van der Waals surface area contributed by atoms with Gasteiger partial charge in [-0.05, 0) is 25.8 Å². The van der Waals surface area contributed by atoms with Crippen LogP contribution in [0.2, 0.25) is 0 Å². The van der Waals surface area contributed by atoms with E-state index < -0.39 is 5.54 Å². The fourth-order valence-corrected chi connectivity index (χ4v) is 2.83. The Morgan fingerprint density at radius 1 is 1.20 bits per heavy atom. The molecule has 0 atom stereocenters. The number of aryl methyl sites for hydroxylation is 1. The molecule has 110 valence electrons. The highest BCUT2D eigenvalue weighted by Gasteiger charge is 2.35. The smallest absolute Gasteiger partial charge is 0.182 e. The first-order valence-electron chi connectivity index (χ1n) is 7.65. The Labute approximate surface area is 122 Å². The van der Waals surface area contributed by atoms with Crippen LogP contribution in [0.3, 0.4) is 0 Å². The molecule has 1 aliphatic heterocycles. The molecule has 3 nitrogen and oxygen atoms in total. The molecule has 0 radical (unpaired) electrons. The number of ketones is 1. The summed E-state index contributed by atoms with van der Waals surface area (Å²) in [5.41, 5.74) is 1.71. The normalized spacial score (nSPS) is 17.1. The topological polar surface area (TPSA) is 32.3 Å². The fraction of sp³-hybridized carbons (Fsp3) is 0.588. The summed E-state index contributed by atoms with van der Waals surface area (Å²) in [6.07, 6.45) is 2.22. The van der Waals surface area contributed by atoms with Crippen LogP contribution in [0.5, 0.6) is 0 Å². The van der Waals surface area contributed by atoms with Crippen LogP contribution in [0.4, 0.5) is 0 Å². The molecule has 1 heterocycles. The van der Waals surface area contributed by atoms with E-state index in [9.17, 15) is 4.79 Å². The molecule has 0 amide bonds. The van der Waals surface area contributed by atoms with E-state index in [0.29, 0.717) is 0 Å². The zero-order valence-corrected chi connectivity index (χ0v) is 12.9. The van der Waals surface area contributed by atoms with Gasteiger partial charge in [-0.2, -0.15) is 0 Å². The lowest BCUT2D eigenvalue weighted by molar-refractivity contribution is 0.0602. The number of Topliss-reactive ketones (excluding diaryl/α,β-unsaturated/α-hetero) is 1. The highest BCUT2D eigenvalue weighted by molar-refractivity contribution is 6.02. The number of benzene rings is 1. The van der Waals surface area contributed by atoms with Crippen molar-refractivity contribution >= 4 is 5.78 Å². The summed E-state index contributed by atoms with van der Waals surface area (Å²) in [4.78, 5) is 15.1. The Kier molecular flexibility index (Phi) is 4.95. The van der Waals surface area contributed by atoms with Crippen molar-refractivity contribution in [3.8, 4) is 0 Å². The van der Waals surface area contributed by atoms with E-state index in [1.165, 1.54) is 5.56 Å². The standard InChI is InChI=1S/C17H26N2O/c1-4-5-14-6-8-15(9-7-14)16(20)17(2,3)19-12-10-18-11-13-19/h6-9,18H,4-5,10-13H2,1-3H3. The van der Waals surface area contributed by atoms with Gasteiger partial charge in [0, 0.05) is 31.7 Å². The molecule has 0 unspecified atom stereocenters. The second-order valence-electron chi connectivity index (χ2n) is 6.07. The second kappa shape index (κ2) is 6.51. The van der Waals surface area contributed by atoms with Gasteiger partial charge in [0.15, 0.2) is 5.78 Å². The molecule has 0 bridgehead atoms. The molecule has 3 heteroatoms. The van der Waals surface area contributed by atoms with Crippen LogP contribution >= 0.6 is 0 Å². The summed E-state index contributed by atoms with van der Waals surface area (Å²) in [5, 5.41) is 3.33. The molecule has 0 aromatic heterocycles. The van der Waals surface area contributed by atoms with Crippen LogP contribution in [-0.2, 0) is 6.42 Å². The Bertz CT molecular complexity index is 445. The molecule has 0 aliphatic carbocycles. The number of hydrogen-bond acceptors (Lipinski definition) is 3. The van der Waals surface area contributed by atoms with Gasteiger partial charge in [-0.25, -0.2) is 0 Å². The molecule has 1 aliphatic rings. The molecule has 1 fully saturated rings. The number of nitrogens with zero attached hydrogens (tertiary/aromatic N) is 1. The van der Waals surface area contributed by atoms with Crippen molar-refractivity contribution in [1.82, 2.24) is 10.2 Å². The van der Waals surface area contributed by atoms with Crippen molar-refractivity contribution in [2.45, 2.75) is 39.2 Å². The maximum atomic E-state index is 12.8. The van der Waals surface area contributed by atoms with Gasteiger partial charge in [0.05, 0.1) is 5.54 Å². The lowest BCUT2D eigenvalue weighted by Crippen LogP contribution is -2.57. The summed E-state index contributed by atoms with van der Waals surface area (Å²) < 4.78 is 0. The summed E-state index contributed by atoms with van der Waals surface area (Å²) >= 11 is 0. The van der Waals surface area contributed by atoms with Crippen LogP contribution in [0.25, 0.3) is 0 Å². The number of carbonyl (C=O) groups excluding carboxylic acids is 1. The molecule has 1 N–H and O–H groups in total. The molecule has 1 aromatic rings. The monoisotopic (exact) mass is 274 g/mol. The Morgan fingerprint density at radius 3 is 2.35 bits per heavy atom. The minimum atomic E-state index is -0.422. The van der Waals surface area contributed by atoms with Crippen molar-refractivity contribution in [3.05, 3.63) is 35.4 Å². The van der Waals surface area contributed by atoms with Gasteiger partial charge in [-0.1, -0.05) is 37.6 Å². The van der Waals surface area contributed by atoms with Crippen molar-refractivity contribution < 1.29 is 4.79 Å². The first kappa shape index (κ1) is 15.2. The fourth-order valence-electron chi connectivity index (χ4n) is 2.83. The number of hydrogen-bond donors (Lipinski definition) is 1. The molecule has 0 spiro atoms. The van der Waals surface area contributed by atoms with Gasteiger partial charge in [-0.15, -0.1) is 0 Å².